The first-order valence-electron chi connectivity index (χ1n) is 6.50. The number of phenolic OH excluding ortho intramolecular Hbond substituents is 1. The predicted molar refractivity (Wildman–Crippen MR) is 81.5 cm³/mol. The maximum atomic E-state index is 10.1. The van der Waals surface area contributed by atoms with Crippen molar-refractivity contribution in [3.8, 4) is 23.0 Å². The van der Waals surface area contributed by atoms with Gasteiger partial charge in [0.05, 0.1) is 27.0 Å². The van der Waals surface area contributed by atoms with Crippen LogP contribution in [0.5, 0.6) is 23.0 Å². The lowest BCUT2D eigenvalue weighted by molar-refractivity contribution is 0.371. The van der Waals surface area contributed by atoms with Crippen LogP contribution < -0.4 is 19.5 Å². The van der Waals surface area contributed by atoms with Crippen molar-refractivity contribution < 1.29 is 19.3 Å². The number of hydrogen-bond acceptors (Lipinski definition) is 5. The van der Waals surface area contributed by atoms with Crippen molar-refractivity contribution in [2.24, 2.45) is 0 Å². The van der Waals surface area contributed by atoms with E-state index in [1.165, 1.54) is 7.11 Å². The summed E-state index contributed by atoms with van der Waals surface area (Å²) in [5, 5.41) is 13.3. The number of methoxy groups -OCH3 is 3. The van der Waals surface area contributed by atoms with Gasteiger partial charge in [-0.1, -0.05) is 12.1 Å². The summed E-state index contributed by atoms with van der Waals surface area (Å²) < 4.78 is 15.6. The molecule has 0 bridgehead atoms. The first-order valence-corrected chi connectivity index (χ1v) is 6.50. The maximum absolute atomic E-state index is 10.1. The number of ether oxygens (including phenoxy) is 3. The van der Waals surface area contributed by atoms with E-state index in [2.05, 4.69) is 5.32 Å². The van der Waals surface area contributed by atoms with E-state index >= 15 is 0 Å². The van der Waals surface area contributed by atoms with Gasteiger partial charge in [0.25, 0.3) is 0 Å². The van der Waals surface area contributed by atoms with Gasteiger partial charge in [0, 0.05) is 18.2 Å². The van der Waals surface area contributed by atoms with Crippen LogP contribution >= 0.6 is 0 Å². The van der Waals surface area contributed by atoms with Gasteiger partial charge < -0.3 is 24.6 Å². The van der Waals surface area contributed by atoms with Gasteiger partial charge in [-0.2, -0.15) is 0 Å². The minimum Gasteiger partial charge on any atom is -0.504 e. The Morgan fingerprint density at radius 2 is 1.71 bits per heavy atom. The Kier molecular flexibility index (Phi) is 4.77. The summed E-state index contributed by atoms with van der Waals surface area (Å²) in [6, 6.07) is 10.9. The fraction of sp³-hybridized carbons (Fsp3) is 0.250. The number of rotatable bonds is 6. The Balaban J connectivity index is 2.16. The van der Waals surface area contributed by atoms with Gasteiger partial charge in [-0.3, -0.25) is 0 Å². The van der Waals surface area contributed by atoms with Gasteiger partial charge >= 0.3 is 0 Å². The van der Waals surface area contributed by atoms with Crippen molar-refractivity contribution >= 4 is 5.69 Å². The van der Waals surface area contributed by atoms with Crippen molar-refractivity contribution in [1.82, 2.24) is 0 Å². The van der Waals surface area contributed by atoms with Crippen molar-refractivity contribution in [2.75, 3.05) is 26.6 Å². The molecule has 0 aliphatic rings. The van der Waals surface area contributed by atoms with Crippen LogP contribution in [-0.4, -0.2) is 26.4 Å². The first kappa shape index (κ1) is 14.8. The second-order valence-corrected chi connectivity index (χ2v) is 4.39. The molecule has 112 valence electrons. The molecule has 2 aromatic carbocycles. The van der Waals surface area contributed by atoms with Gasteiger partial charge in [0.1, 0.15) is 11.5 Å². The highest BCUT2D eigenvalue weighted by Crippen LogP contribution is 2.32. The molecule has 5 heteroatoms. The topological polar surface area (TPSA) is 60.0 Å². The molecule has 0 spiro atoms. The summed E-state index contributed by atoms with van der Waals surface area (Å²) in [4.78, 5) is 0. The fourth-order valence-electron chi connectivity index (χ4n) is 2.01. The van der Waals surface area contributed by atoms with Gasteiger partial charge in [-0.05, 0) is 18.2 Å². The summed E-state index contributed by atoms with van der Waals surface area (Å²) in [5.41, 5.74) is 1.56. The van der Waals surface area contributed by atoms with Gasteiger partial charge in [0.15, 0.2) is 11.5 Å². The lowest BCUT2D eigenvalue weighted by Crippen LogP contribution is -2.02. The van der Waals surface area contributed by atoms with Gasteiger partial charge in [-0.15, -0.1) is 0 Å². The van der Waals surface area contributed by atoms with E-state index in [1.807, 2.05) is 24.3 Å². The molecule has 0 atom stereocenters. The number of para-hydroxylation sites is 1. The number of aromatic hydroxyl groups is 1. The van der Waals surface area contributed by atoms with Gasteiger partial charge in [0.2, 0.25) is 0 Å². The molecule has 2 N–H and O–H groups in total. The Labute approximate surface area is 124 Å². The van der Waals surface area contributed by atoms with E-state index in [0.29, 0.717) is 18.0 Å². The number of nitrogens with one attached hydrogen (secondary N) is 1. The van der Waals surface area contributed by atoms with E-state index in [0.717, 1.165) is 17.0 Å². The molecule has 0 aromatic heterocycles. The largest absolute Gasteiger partial charge is 0.504 e. The zero-order valence-electron chi connectivity index (χ0n) is 12.3. The van der Waals surface area contributed by atoms with Crippen LogP contribution in [-0.2, 0) is 6.54 Å². The molecule has 0 saturated heterocycles. The Morgan fingerprint density at radius 1 is 0.952 bits per heavy atom. The lowest BCUT2D eigenvalue weighted by Gasteiger charge is -2.14. The number of hydrogen-bond donors (Lipinski definition) is 2. The molecule has 0 fully saturated rings. The predicted octanol–water partition coefficient (Wildman–Crippen LogP) is 3.03. The fourth-order valence-corrected chi connectivity index (χ4v) is 2.01. The third-order valence-electron chi connectivity index (χ3n) is 3.18. The molecule has 0 saturated carbocycles. The third-order valence-corrected chi connectivity index (χ3v) is 3.18. The highest BCUT2D eigenvalue weighted by Gasteiger charge is 2.09. The molecule has 0 heterocycles. The number of benzene rings is 2. The van der Waals surface area contributed by atoms with Crippen molar-refractivity contribution in [2.45, 2.75) is 6.54 Å². The average molecular weight is 289 g/mol. The Bertz CT molecular complexity index is 613. The summed E-state index contributed by atoms with van der Waals surface area (Å²) in [6.07, 6.45) is 0. The molecule has 2 rings (SSSR count). The normalized spacial score (nSPS) is 10.0. The van der Waals surface area contributed by atoms with Crippen LogP contribution in [0.15, 0.2) is 36.4 Å². The van der Waals surface area contributed by atoms with E-state index in [4.69, 9.17) is 14.2 Å². The Hall–Kier alpha value is -2.56. The first-order chi connectivity index (χ1) is 10.2. The Morgan fingerprint density at radius 3 is 2.38 bits per heavy atom. The smallest absolute Gasteiger partial charge is 0.162 e. The van der Waals surface area contributed by atoms with E-state index in [1.54, 1.807) is 26.4 Å². The van der Waals surface area contributed by atoms with Crippen molar-refractivity contribution in [3.05, 3.63) is 42.0 Å². The minimum absolute atomic E-state index is 0.139. The molecule has 0 unspecified atom stereocenters. The molecular weight excluding hydrogens is 270 g/mol. The van der Waals surface area contributed by atoms with Crippen LogP contribution in [0.25, 0.3) is 0 Å². The van der Waals surface area contributed by atoms with Crippen molar-refractivity contribution in [1.29, 1.82) is 0 Å². The highest BCUT2D eigenvalue weighted by molar-refractivity contribution is 5.60. The quantitative estimate of drug-likeness (QED) is 0.856. The van der Waals surface area contributed by atoms with Crippen LogP contribution in [0.3, 0.4) is 0 Å². The molecule has 0 amide bonds. The van der Waals surface area contributed by atoms with Crippen LogP contribution in [0.1, 0.15) is 5.56 Å². The average Bonchev–Trinajstić information content (AvgIpc) is 2.53. The molecule has 2 aromatic rings. The molecular formula is C16H19NO4. The molecule has 5 nitrogen and oxygen atoms in total. The van der Waals surface area contributed by atoms with Crippen LogP contribution in [0, 0.1) is 0 Å². The molecule has 0 aliphatic heterocycles. The maximum Gasteiger partial charge on any atom is 0.162 e. The van der Waals surface area contributed by atoms with Crippen LogP contribution in [0.4, 0.5) is 5.69 Å². The number of phenols is 1. The highest BCUT2D eigenvalue weighted by atomic mass is 16.5. The number of anilines is 1. The SMILES string of the molecule is COc1ccc(NCc2cccc(OC)c2O)c(OC)c1. The molecule has 21 heavy (non-hydrogen) atoms. The van der Waals surface area contributed by atoms with E-state index < -0.39 is 0 Å². The standard InChI is InChI=1S/C16H19NO4/c1-19-12-7-8-13(15(9-12)21-3)17-10-11-5-4-6-14(20-2)16(11)18/h4-9,17-18H,10H2,1-3H3. The van der Waals surface area contributed by atoms with E-state index in [9.17, 15) is 5.11 Å². The minimum atomic E-state index is 0.139. The zero-order valence-corrected chi connectivity index (χ0v) is 12.3. The molecule has 0 aliphatic carbocycles. The third kappa shape index (κ3) is 3.31. The summed E-state index contributed by atoms with van der Waals surface area (Å²) in [5.74, 6) is 1.99. The zero-order chi connectivity index (χ0) is 15.2. The second-order valence-electron chi connectivity index (χ2n) is 4.39. The van der Waals surface area contributed by atoms with Gasteiger partial charge in [-0.25, -0.2) is 0 Å². The second kappa shape index (κ2) is 6.74. The van der Waals surface area contributed by atoms with Crippen molar-refractivity contribution in [3.63, 3.8) is 0 Å². The van der Waals surface area contributed by atoms with E-state index in [-0.39, 0.29) is 5.75 Å². The summed E-state index contributed by atoms with van der Waals surface area (Å²) in [6.45, 7) is 0.450. The summed E-state index contributed by atoms with van der Waals surface area (Å²) >= 11 is 0. The monoisotopic (exact) mass is 289 g/mol. The lowest BCUT2D eigenvalue weighted by atomic mass is 10.1. The molecule has 0 radical (unpaired) electrons. The summed E-state index contributed by atoms with van der Waals surface area (Å²) in [7, 11) is 4.73. The van der Waals surface area contributed by atoms with Crippen LogP contribution in [0.2, 0.25) is 0 Å².